The van der Waals surface area contributed by atoms with Gasteiger partial charge in [0.25, 0.3) is 5.69 Å². The van der Waals surface area contributed by atoms with E-state index in [4.69, 9.17) is 47.4 Å². The van der Waals surface area contributed by atoms with E-state index < -0.39 is 159 Å². The zero-order chi connectivity index (χ0) is 61.2. The molecule has 0 bridgehead atoms. The van der Waals surface area contributed by atoms with Gasteiger partial charge in [-0.3, -0.25) is 10.1 Å². The fourth-order valence-corrected chi connectivity index (χ4v) is 11.6. The van der Waals surface area contributed by atoms with Crippen LogP contribution in [0.15, 0.2) is 59.5 Å². The molecule has 4 aliphatic rings. The standard InChI is InChI=1S/C55H84N6O21S/c1-52(2,3)80-49(65)56-35-25-24-34(30-60(26-28-74-40-23-17-18-27-73-40)83(71,72)39-22-16-15-21-38(39)61(69)70)77-46(35)78-43-37(58-50(66)81-53(4,5)6)29-36(57-48(64)75-31-33-19-13-12-14-20-33)44(41(43)62)79-47-42(63)45(55(10,68)32-76-47)59(11)51(67)82-54(7,8)9/h12-16,19-22,34-37,40-47,62-63,68H,17-18,23-32H2,1-11H3,(H,56,65)(H,57,64)(H,58,66)/t34-,35+,36+,37-,40?,41-,42+,43+,44-,45+,46+,47+,55-/m0/s1. The van der Waals surface area contributed by atoms with Gasteiger partial charge in [-0.15, -0.1) is 0 Å². The fourth-order valence-electron chi connectivity index (χ4n) is 10.0. The molecule has 1 aliphatic carbocycles. The predicted octanol–water partition coefficient (Wildman–Crippen LogP) is 4.95. The predicted molar refractivity (Wildman–Crippen MR) is 294 cm³/mol. The topological polar surface area (TPSA) is 341 Å². The first kappa shape index (κ1) is 66.6. The molecule has 6 N–H and O–H groups in total. The summed E-state index contributed by atoms with van der Waals surface area (Å²) in [7, 11) is -3.39. The highest BCUT2D eigenvalue weighted by molar-refractivity contribution is 7.89. The van der Waals surface area contributed by atoms with Crippen LogP contribution in [0.5, 0.6) is 0 Å². The number of rotatable bonds is 19. The number of amides is 4. The fraction of sp³-hybridized carbons (Fsp3) is 0.709. The average molecular weight is 1200 g/mol. The first-order valence-corrected chi connectivity index (χ1v) is 29.2. The smallest absolute Gasteiger partial charge is 0.410 e. The van der Waals surface area contributed by atoms with E-state index in [0.717, 1.165) is 34.2 Å². The normalized spacial score (nSPS) is 29.0. The number of aliphatic hydroxyl groups excluding tert-OH is 2. The number of ether oxygens (including phenoxy) is 10. The molecule has 6 rings (SSSR count). The van der Waals surface area contributed by atoms with Crippen LogP contribution in [0, 0.1) is 10.1 Å². The maximum atomic E-state index is 14.6. The first-order valence-electron chi connectivity index (χ1n) is 27.8. The van der Waals surface area contributed by atoms with Crippen LogP contribution in [-0.4, -0.2) is 198 Å². The lowest BCUT2D eigenvalue weighted by Crippen LogP contribution is -2.70. The van der Waals surface area contributed by atoms with Crippen molar-refractivity contribution in [3.05, 3.63) is 70.3 Å². The van der Waals surface area contributed by atoms with Gasteiger partial charge < -0.3 is 83.5 Å². The van der Waals surface area contributed by atoms with Crippen LogP contribution in [0.2, 0.25) is 0 Å². The molecule has 2 aromatic carbocycles. The monoisotopic (exact) mass is 1200 g/mol. The molecule has 1 unspecified atom stereocenters. The largest absolute Gasteiger partial charge is 0.445 e. The number of likely N-dealkylation sites (N-methyl/N-ethyl adjacent to an activating group) is 1. The van der Waals surface area contributed by atoms with Crippen molar-refractivity contribution >= 4 is 40.1 Å². The Morgan fingerprint density at radius 3 is 1.93 bits per heavy atom. The molecule has 1 saturated carbocycles. The van der Waals surface area contributed by atoms with Gasteiger partial charge in [-0.2, -0.15) is 4.31 Å². The number of benzene rings is 2. The molecule has 3 saturated heterocycles. The summed E-state index contributed by atoms with van der Waals surface area (Å²) in [5.41, 5.74) is -4.97. The van der Waals surface area contributed by atoms with Crippen molar-refractivity contribution in [1.82, 2.24) is 25.2 Å². The van der Waals surface area contributed by atoms with Gasteiger partial charge in [0.2, 0.25) is 10.0 Å². The number of nitro benzene ring substituents is 1. The summed E-state index contributed by atoms with van der Waals surface area (Å²) in [6, 6.07) is 8.34. The van der Waals surface area contributed by atoms with Gasteiger partial charge in [0.15, 0.2) is 23.8 Å². The van der Waals surface area contributed by atoms with E-state index in [2.05, 4.69) is 16.0 Å². The molecule has 28 heteroatoms. The van der Waals surface area contributed by atoms with Gasteiger partial charge in [-0.1, -0.05) is 42.5 Å². The van der Waals surface area contributed by atoms with Crippen molar-refractivity contribution in [3.63, 3.8) is 0 Å². The van der Waals surface area contributed by atoms with Gasteiger partial charge in [-0.25, -0.2) is 27.6 Å². The molecule has 0 spiro atoms. The SMILES string of the molecule is CN(C(=O)OC(C)(C)C)[C@@H]1[C@@H](O)[C@@H](O[C@@H]2[C@@H](O)[C@H](O[C@H]3O[C@H](CN(CCOC4CCCCO4)S(=O)(=O)c4ccccc4[N+](=O)[O-])CC[C@H]3NC(=O)OC(C)(C)C)[C@@H](NC(=O)OC(C)(C)C)C[C@H]2NC(=O)OCc2ccccc2)OC[C@]1(C)O. The Hall–Kier alpha value is -5.53. The Morgan fingerprint density at radius 2 is 1.34 bits per heavy atom. The van der Waals surface area contributed by atoms with Crippen molar-refractivity contribution in [1.29, 1.82) is 0 Å². The number of nitrogens with one attached hydrogen (secondary N) is 3. The minimum atomic E-state index is -4.69. The van der Waals surface area contributed by atoms with Gasteiger partial charge in [0.05, 0.1) is 48.4 Å². The maximum Gasteiger partial charge on any atom is 0.410 e. The molecule has 2 aromatic rings. The summed E-state index contributed by atoms with van der Waals surface area (Å²) in [6.07, 6.45) is -14.2. The molecular weight excluding hydrogens is 1110 g/mol. The molecule has 0 aromatic heterocycles. The molecule has 466 valence electrons. The van der Waals surface area contributed by atoms with E-state index in [-0.39, 0.29) is 39.0 Å². The van der Waals surface area contributed by atoms with E-state index in [1.54, 1.807) is 92.6 Å². The molecular formula is C55H84N6O21S. The molecule has 3 aliphatic heterocycles. The average Bonchev–Trinajstić information content (AvgIpc) is 2.48. The number of para-hydroxylation sites is 1. The molecule has 4 amide bonds. The van der Waals surface area contributed by atoms with E-state index in [1.807, 2.05) is 0 Å². The summed E-state index contributed by atoms with van der Waals surface area (Å²) in [4.78, 5) is 66.5. The third-order valence-corrected chi connectivity index (χ3v) is 15.6. The van der Waals surface area contributed by atoms with Gasteiger partial charge >= 0.3 is 24.4 Å². The summed E-state index contributed by atoms with van der Waals surface area (Å²) in [5, 5.41) is 57.0. The van der Waals surface area contributed by atoms with E-state index in [9.17, 15) is 53.0 Å². The van der Waals surface area contributed by atoms with Crippen LogP contribution in [0.25, 0.3) is 0 Å². The van der Waals surface area contributed by atoms with Gasteiger partial charge in [0, 0.05) is 32.8 Å². The Labute approximate surface area is 484 Å². The van der Waals surface area contributed by atoms with Crippen LogP contribution in [0.1, 0.15) is 113 Å². The first-order chi connectivity index (χ1) is 38.7. The van der Waals surface area contributed by atoms with Crippen LogP contribution < -0.4 is 16.0 Å². The van der Waals surface area contributed by atoms with E-state index in [0.29, 0.717) is 18.6 Å². The minimum Gasteiger partial charge on any atom is -0.445 e. The summed E-state index contributed by atoms with van der Waals surface area (Å²) in [5.74, 6) is 0. The number of carbonyl (C=O) groups excluding carboxylic acids is 4. The van der Waals surface area contributed by atoms with Gasteiger partial charge in [-0.05, 0) is 119 Å². The van der Waals surface area contributed by atoms with E-state index in [1.165, 1.54) is 26.1 Å². The second-order valence-electron chi connectivity index (χ2n) is 24.3. The third kappa shape index (κ3) is 19.2. The van der Waals surface area contributed by atoms with Crippen molar-refractivity contribution in [3.8, 4) is 0 Å². The summed E-state index contributed by atoms with van der Waals surface area (Å²) >= 11 is 0. The molecule has 83 heavy (non-hydrogen) atoms. The van der Waals surface area contributed by atoms with Gasteiger partial charge in [0.1, 0.15) is 53.4 Å². The number of hydrogen-bond donors (Lipinski definition) is 6. The van der Waals surface area contributed by atoms with Crippen molar-refractivity contribution in [2.45, 2.75) is 215 Å². The van der Waals surface area contributed by atoms with Crippen molar-refractivity contribution in [2.24, 2.45) is 0 Å². The zero-order valence-electron chi connectivity index (χ0n) is 49.0. The number of nitrogens with zero attached hydrogens (tertiary/aromatic N) is 3. The van der Waals surface area contributed by atoms with Crippen molar-refractivity contribution in [2.75, 3.05) is 40.0 Å². The lowest BCUT2D eigenvalue weighted by molar-refractivity contribution is -0.387. The Morgan fingerprint density at radius 1 is 0.759 bits per heavy atom. The second kappa shape index (κ2) is 28.1. The van der Waals surface area contributed by atoms with Crippen LogP contribution in [0.3, 0.4) is 0 Å². The summed E-state index contributed by atoms with van der Waals surface area (Å²) < 4.78 is 90.1. The Kier molecular flexibility index (Phi) is 22.6. The molecule has 4 fully saturated rings. The Balaban J connectivity index is 1.39. The number of carbonyl (C=O) groups is 4. The van der Waals surface area contributed by atoms with Crippen LogP contribution in [0.4, 0.5) is 24.9 Å². The lowest BCUT2D eigenvalue weighted by atomic mass is 9.83. The number of aliphatic hydroxyl groups is 3. The number of hydrogen-bond acceptors (Lipinski definition) is 21. The zero-order valence-corrected chi connectivity index (χ0v) is 49.9. The van der Waals surface area contributed by atoms with Crippen LogP contribution >= 0.6 is 0 Å². The number of nitro groups is 1. The number of alkyl carbamates (subject to hydrolysis) is 3. The minimum absolute atomic E-state index is 0.0132. The Bertz CT molecular complexity index is 2610. The second-order valence-corrected chi connectivity index (χ2v) is 26.2. The number of sulfonamides is 1. The third-order valence-electron chi connectivity index (χ3n) is 13.7. The quantitative estimate of drug-likeness (QED) is 0.0615. The molecule has 13 atom stereocenters. The van der Waals surface area contributed by atoms with Crippen LogP contribution in [-0.2, 0) is 64.0 Å². The highest BCUT2D eigenvalue weighted by atomic mass is 32.2. The highest BCUT2D eigenvalue weighted by Crippen LogP contribution is 2.36. The maximum absolute atomic E-state index is 14.6. The molecule has 27 nitrogen and oxygen atoms in total. The highest BCUT2D eigenvalue weighted by Gasteiger charge is 2.55. The summed E-state index contributed by atoms with van der Waals surface area (Å²) in [6.45, 7) is 14.8. The van der Waals surface area contributed by atoms with E-state index >= 15 is 0 Å². The molecule has 0 radical (unpaired) electrons. The van der Waals surface area contributed by atoms with Crippen molar-refractivity contribution < 1.29 is 95.2 Å². The molecule has 3 heterocycles. The lowest BCUT2D eigenvalue weighted by Gasteiger charge is -2.50.